The van der Waals surface area contributed by atoms with Gasteiger partial charge in [-0.1, -0.05) is 6.08 Å². The first-order valence-corrected chi connectivity index (χ1v) is 7.86. The van der Waals surface area contributed by atoms with Gasteiger partial charge in [0.15, 0.2) is 0 Å². The Bertz CT molecular complexity index is 670. The lowest BCUT2D eigenvalue weighted by Crippen LogP contribution is -2.40. The Morgan fingerprint density at radius 2 is 1.71 bits per heavy atom. The minimum Gasteiger partial charge on any atom is -0.457 e. The van der Waals surface area contributed by atoms with E-state index in [0.29, 0.717) is 17.8 Å². The van der Waals surface area contributed by atoms with Crippen molar-refractivity contribution in [2.45, 2.75) is 59.2 Å². The molecule has 2 aliphatic heterocycles. The molecule has 6 nitrogen and oxygen atoms in total. The molecule has 130 valence electrons. The molecule has 0 atom stereocenters. The summed E-state index contributed by atoms with van der Waals surface area (Å²) in [6, 6.07) is 0. The van der Waals surface area contributed by atoms with Crippen LogP contribution >= 0.6 is 0 Å². The molecule has 2 heterocycles. The average molecular weight is 332 g/mol. The van der Waals surface area contributed by atoms with Gasteiger partial charge in [-0.2, -0.15) is 0 Å². The van der Waals surface area contributed by atoms with Crippen LogP contribution in [0.15, 0.2) is 40.7 Å². The number of hydrogen-bond acceptors (Lipinski definition) is 5. The summed E-state index contributed by atoms with van der Waals surface area (Å²) in [6.07, 6.45) is 6.47. The second-order valence-electron chi connectivity index (χ2n) is 7.67. The van der Waals surface area contributed by atoms with Gasteiger partial charge in [0.25, 0.3) is 0 Å². The fourth-order valence-electron chi connectivity index (χ4n) is 2.15. The third kappa shape index (κ3) is 4.57. The number of carbonyl (C=O) groups is 2. The molecule has 6 heteroatoms. The Morgan fingerprint density at radius 1 is 1.08 bits per heavy atom. The monoisotopic (exact) mass is 332 g/mol. The molecule has 0 N–H and O–H groups in total. The van der Waals surface area contributed by atoms with Gasteiger partial charge in [0.2, 0.25) is 0 Å². The van der Waals surface area contributed by atoms with E-state index < -0.39 is 23.3 Å². The molecule has 0 aromatic heterocycles. The number of allylic oxidation sites excluding steroid dienone is 2. The molecule has 2 rings (SSSR count). The second-order valence-corrected chi connectivity index (χ2v) is 7.67. The normalized spacial score (nSPS) is 17.4. The highest BCUT2D eigenvalue weighted by Crippen LogP contribution is 2.26. The van der Waals surface area contributed by atoms with Crippen molar-refractivity contribution in [3.8, 4) is 0 Å². The number of ether oxygens (including phenoxy) is 2. The summed E-state index contributed by atoms with van der Waals surface area (Å²) < 4.78 is 10.8. The second kappa shape index (κ2) is 6.26. The van der Waals surface area contributed by atoms with Crippen LogP contribution < -0.4 is 0 Å². The third-order valence-corrected chi connectivity index (χ3v) is 3.02. The smallest absolute Gasteiger partial charge is 0.420 e. The minimum absolute atomic E-state index is 0.359. The van der Waals surface area contributed by atoms with Crippen molar-refractivity contribution in [3.63, 3.8) is 0 Å². The summed E-state index contributed by atoms with van der Waals surface area (Å²) in [5, 5.41) is 0. The predicted molar refractivity (Wildman–Crippen MR) is 91.3 cm³/mol. The van der Waals surface area contributed by atoms with Crippen LogP contribution in [-0.4, -0.2) is 34.0 Å². The quantitative estimate of drug-likeness (QED) is 0.687. The zero-order valence-electron chi connectivity index (χ0n) is 15.0. The molecular formula is C18H24N2O4. The van der Waals surface area contributed by atoms with Crippen LogP contribution in [0, 0.1) is 0 Å². The van der Waals surface area contributed by atoms with Gasteiger partial charge in [-0.3, -0.25) is 0 Å². The number of rotatable bonds is 1. The Kier molecular flexibility index (Phi) is 4.69. The van der Waals surface area contributed by atoms with E-state index in [9.17, 15) is 9.59 Å². The number of fused-ring (bicyclic) bond motifs is 1. The van der Waals surface area contributed by atoms with Gasteiger partial charge in [0, 0.05) is 24.4 Å². The Balaban J connectivity index is 2.20. The average Bonchev–Trinajstić information content (AvgIpc) is 2.42. The van der Waals surface area contributed by atoms with E-state index in [1.165, 1.54) is 11.1 Å². The molecule has 0 saturated carbocycles. The van der Waals surface area contributed by atoms with Crippen LogP contribution in [0.4, 0.5) is 4.79 Å². The molecule has 1 amide bonds. The first-order valence-electron chi connectivity index (χ1n) is 7.86. The Morgan fingerprint density at radius 3 is 2.29 bits per heavy atom. The first kappa shape index (κ1) is 18.0. The number of amidine groups is 1. The van der Waals surface area contributed by atoms with Crippen molar-refractivity contribution in [1.82, 2.24) is 4.90 Å². The highest BCUT2D eigenvalue weighted by Gasteiger charge is 2.31. The highest BCUT2D eigenvalue weighted by molar-refractivity contribution is 6.10. The fraction of sp³-hybridized carbons (Fsp3) is 0.500. The van der Waals surface area contributed by atoms with E-state index in [-0.39, 0.29) is 0 Å². The number of carbonyl (C=O) groups excluding carboxylic acids is 2. The van der Waals surface area contributed by atoms with Gasteiger partial charge in [-0.15, -0.1) is 0 Å². The van der Waals surface area contributed by atoms with E-state index in [4.69, 9.17) is 9.47 Å². The van der Waals surface area contributed by atoms with Crippen molar-refractivity contribution in [2.24, 2.45) is 4.99 Å². The van der Waals surface area contributed by atoms with E-state index in [0.717, 1.165) is 5.57 Å². The molecular weight excluding hydrogens is 308 g/mol. The number of aliphatic imine (C=N–C) groups is 1. The van der Waals surface area contributed by atoms with Crippen molar-refractivity contribution in [3.05, 3.63) is 35.7 Å². The maximum absolute atomic E-state index is 12.3. The summed E-state index contributed by atoms with van der Waals surface area (Å²) in [4.78, 5) is 30.1. The van der Waals surface area contributed by atoms with Crippen LogP contribution in [0.2, 0.25) is 0 Å². The summed E-state index contributed by atoms with van der Waals surface area (Å²) in [6.45, 7) is 10.9. The van der Waals surface area contributed by atoms with Crippen LogP contribution in [0.3, 0.4) is 0 Å². The molecule has 0 aliphatic carbocycles. The van der Waals surface area contributed by atoms with Crippen molar-refractivity contribution in [2.75, 3.05) is 0 Å². The van der Waals surface area contributed by atoms with E-state index in [1.54, 1.807) is 33.0 Å². The molecule has 0 aromatic rings. The van der Waals surface area contributed by atoms with E-state index in [2.05, 4.69) is 4.99 Å². The Hall–Kier alpha value is -2.37. The summed E-state index contributed by atoms with van der Waals surface area (Å²) in [5.74, 6) is 0.0728. The summed E-state index contributed by atoms with van der Waals surface area (Å²) in [5.41, 5.74) is 0.0655. The van der Waals surface area contributed by atoms with Crippen molar-refractivity contribution in [1.29, 1.82) is 0 Å². The molecule has 0 saturated heterocycles. The first-order chi connectivity index (χ1) is 11.0. The summed E-state index contributed by atoms with van der Waals surface area (Å²) >= 11 is 0. The standard InChI is InChI=1S/C18H24N2O4/c1-17(2,3)23-15(21)13-10-12-8-7-9-20(14(12)19-11-13)16(22)24-18(4,5)6/h7-9,11H,10H2,1-6H3. The maximum Gasteiger partial charge on any atom is 0.420 e. The van der Waals surface area contributed by atoms with Gasteiger partial charge >= 0.3 is 12.1 Å². The molecule has 0 fully saturated rings. The topological polar surface area (TPSA) is 68.2 Å². The largest absolute Gasteiger partial charge is 0.457 e. The molecule has 24 heavy (non-hydrogen) atoms. The fourth-order valence-corrected chi connectivity index (χ4v) is 2.15. The number of amides is 1. The van der Waals surface area contributed by atoms with E-state index in [1.807, 2.05) is 26.8 Å². The molecule has 0 bridgehead atoms. The van der Waals surface area contributed by atoms with Gasteiger partial charge < -0.3 is 9.47 Å². The van der Waals surface area contributed by atoms with Crippen LogP contribution in [0.5, 0.6) is 0 Å². The predicted octanol–water partition coefficient (Wildman–Crippen LogP) is 3.71. The number of hydrogen-bond donors (Lipinski definition) is 0. The summed E-state index contributed by atoms with van der Waals surface area (Å²) in [7, 11) is 0. The highest BCUT2D eigenvalue weighted by atomic mass is 16.6. The SMILES string of the molecule is CC(C)(C)OC(=O)C1=CN=C2C(=CC=CN2C(=O)OC(C)(C)C)C1. The third-order valence-electron chi connectivity index (χ3n) is 3.02. The minimum atomic E-state index is -0.598. The lowest BCUT2D eigenvalue weighted by Gasteiger charge is -2.30. The molecule has 0 unspecified atom stereocenters. The molecule has 0 spiro atoms. The van der Waals surface area contributed by atoms with E-state index >= 15 is 0 Å². The van der Waals surface area contributed by atoms with Gasteiger partial charge in [0.1, 0.15) is 17.0 Å². The zero-order chi connectivity index (χ0) is 18.1. The number of esters is 1. The van der Waals surface area contributed by atoms with Gasteiger partial charge in [-0.25, -0.2) is 19.5 Å². The number of nitrogens with zero attached hydrogens (tertiary/aromatic N) is 2. The lowest BCUT2D eigenvalue weighted by atomic mass is 10.00. The van der Waals surface area contributed by atoms with Gasteiger partial charge in [-0.05, 0) is 47.6 Å². The van der Waals surface area contributed by atoms with Crippen LogP contribution in [-0.2, 0) is 14.3 Å². The zero-order valence-corrected chi connectivity index (χ0v) is 15.0. The van der Waals surface area contributed by atoms with Crippen LogP contribution in [0.25, 0.3) is 0 Å². The molecule has 2 aliphatic rings. The van der Waals surface area contributed by atoms with Crippen LogP contribution in [0.1, 0.15) is 48.0 Å². The molecule has 0 aromatic carbocycles. The van der Waals surface area contributed by atoms with Crippen molar-refractivity contribution >= 4 is 17.9 Å². The Labute approximate surface area is 142 Å². The van der Waals surface area contributed by atoms with Crippen molar-refractivity contribution < 1.29 is 19.1 Å². The lowest BCUT2D eigenvalue weighted by molar-refractivity contribution is -0.150. The maximum atomic E-state index is 12.3. The molecule has 0 radical (unpaired) electrons. The van der Waals surface area contributed by atoms with Gasteiger partial charge in [0.05, 0.1) is 5.57 Å².